The number of rotatable bonds is 2. The number of nitriles is 1. The molecule has 0 spiro atoms. The Morgan fingerprint density at radius 1 is 1.50 bits per heavy atom. The maximum absolute atomic E-state index is 9.13. The van der Waals surface area contributed by atoms with Crippen LogP contribution in [0.1, 0.15) is 18.5 Å². The summed E-state index contributed by atoms with van der Waals surface area (Å²) in [5, 5.41) is 17.8. The van der Waals surface area contributed by atoms with E-state index in [1.807, 2.05) is 6.07 Å². The van der Waals surface area contributed by atoms with Crippen molar-refractivity contribution >= 4 is 5.82 Å². The van der Waals surface area contributed by atoms with Crippen molar-refractivity contribution in [3.05, 3.63) is 18.1 Å². The quantitative estimate of drug-likeness (QED) is 0.785. The van der Waals surface area contributed by atoms with Crippen molar-refractivity contribution in [2.45, 2.75) is 12.8 Å². The van der Waals surface area contributed by atoms with Crippen molar-refractivity contribution in [2.24, 2.45) is 5.92 Å². The minimum atomic E-state index is 0.222. The number of aromatic nitrogens is 2. The zero-order valence-corrected chi connectivity index (χ0v) is 9.00. The third kappa shape index (κ3) is 2.28. The largest absolute Gasteiger partial charge is 0.396 e. The molecule has 0 aromatic carbocycles. The SMILES string of the molecule is N#Cc1cnc(N2CCCC(CO)C2)cn1. The lowest BCUT2D eigenvalue weighted by Gasteiger charge is -2.32. The maximum Gasteiger partial charge on any atom is 0.158 e. The van der Waals surface area contributed by atoms with Gasteiger partial charge in [0.05, 0.1) is 12.4 Å². The van der Waals surface area contributed by atoms with Crippen LogP contribution in [0.4, 0.5) is 5.82 Å². The minimum Gasteiger partial charge on any atom is -0.396 e. The van der Waals surface area contributed by atoms with Gasteiger partial charge < -0.3 is 10.0 Å². The Bertz CT molecular complexity index is 384. The molecule has 1 aromatic rings. The van der Waals surface area contributed by atoms with Gasteiger partial charge in [-0.05, 0) is 18.8 Å². The highest BCUT2D eigenvalue weighted by Crippen LogP contribution is 2.20. The highest BCUT2D eigenvalue weighted by atomic mass is 16.3. The van der Waals surface area contributed by atoms with E-state index in [0.29, 0.717) is 11.6 Å². The van der Waals surface area contributed by atoms with E-state index < -0.39 is 0 Å². The van der Waals surface area contributed by atoms with Gasteiger partial charge in [0.2, 0.25) is 0 Å². The fourth-order valence-electron chi connectivity index (χ4n) is 1.96. The average Bonchev–Trinajstić information content (AvgIpc) is 2.39. The monoisotopic (exact) mass is 218 g/mol. The van der Waals surface area contributed by atoms with Gasteiger partial charge in [0.1, 0.15) is 11.9 Å². The first kappa shape index (κ1) is 10.8. The second kappa shape index (κ2) is 4.90. The zero-order valence-electron chi connectivity index (χ0n) is 9.00. The standard InChI is InChI=1S/C11H14N4O/c12-4-10-5-14-11(6-13-10)15-3-1-2-9(7-15)8-16/h5-6,9,16H,1-3,7-8H2. The van der Waals surface area contributed by atoms with Gasteiger partial charge in [-0.3, -0.25) is 0 Å². The number of anilines is 1. The molecule has 0 aliphatic carbocycles. The van der Waals surface area contributed by atoms with E-state index in [4.69, 9.17) is 10.4 Å². The van der Waals surface area contributed by atoms with Crippen molar-refractivity contribution in [1.29, 1.82) is 5.26 Å². The van der Waals surface area contributed by atoms with Crippen LogP contribution in [0, 0.1) is 17.2 Å². The molecule has 2 rings (SSSR count). The van der Waals surface area contributed by atoms with E-state index in [0.717, 1.165) is 31.7 Å². The summed E-state index contributed by atoms with van der Waals surface area (Å²) in [7, 11) is 0. The lowest BCUT2D eigenvalue weighted by Crippen LogP contribution is -2.37. The van der Waals surface area contributed by atoms with Gasteiger partial charge in [0.25, 0.3) is 0 Å². The number of hydrogen-bond acceptors (Lipinski definition) is 5. The van der Waals surface area contributed by atoms with Crippen LogP contribution < -0.4 is 4.90 Å². The zero-order chi connectivity index (χ0) is 11.4. The summed E-state index contributed by atoms with van der Waals surface area (Å²) in [6.45, 7) is 1.98. The normalized spacial score (nSPS) is 20.5. The lowest BCUT2D eigenvalue weighted by molar-refractivity contribution is 0.208. The summed E-state index contributed by atoms with van der Waals surface area (Å²) in [4.78, 5) is 10.3. The summed E-state index contributed by atoms with van der Waals surface area (Å²) < 4.78 is 0. The van der Waals surface area contributed by atoms with Crippen molar-refractivity contribution in [1.82, 2.24) is 9.97 Å². The molecule has 2 heterocycles. The Morgan fingerprint density at radius 3 is 3.00 bits per heavy atom. The summed E-state index contributed by atoms with van der Waals surface area (Å²) in [6.07, 6.45) is 5.24. The predicted molar refractivity (Wildman–Crippen MR) is 58.8 cm³/mol. The first-order valence-corrected chi connectivity index (χ1v) is 5.41. The molecule has 1 N–H and O–H groups in total. The van der Waals surface area contributed by atoms with Gasteiger partial charge in [-0.2, -0.15) is 5.26 Å². The second-order valence-corrected chi connectivity index (χ2v) is 4.01. The van der Waals surface area contributed by atoms with Crippen molar-refractivity contribution in [3.63, 3.8) is 0 Å². The van der Waals surface area contributed by atoms with Gasteiger partial charge in [-0.25, -0.2) is 9.97 Å². The van der Waals surface area contributed by atoms with Gasteiger partial charge >= 0.3 is 0 Å². The second-order valence-electron chi connectivity index (χ2n) is 4.01. The highest BCUT2D eigenvalue weighted by Gasteiger charge is 2.20. The Hall–Kier alpha value is -1.67. The number of piperidine rings is 1. The summed E-state index contributed by atoms with van der Waals surface area (Å²) in [5.41, 5.74) is 0.333. The molecule has 84 valence electrons. The third-order valence-electron chi connectivity index (χ3n) is 2.85. The molecule has 0 amide bonds. The van der Waals surface area contributed by atoms with Crippen LogP contribution in [0.25, 0.3) is 0 Å². The molecule has 1 saturated heterocycles. The van der Waals surface area contributed by atoms with Crippen LogP contribution >= 0.6 is 0 Å². The molecule has 1 aromatic heterocycles. The van der Waals surface area contributed by atoms with Gasteiger partial charge in [0, 0.05) is 19.7 Å². The Morgan fingerprint density at radius 2 is 2.38 bits per heavy atom. The van der Waals surface area contributed by atoms with Gasteiger partial charge in [-0.1, -0.05) is 0 Å². The van der Waals surface area contributed by atoms with E-state index in [-0.39, 0.29) is 6.61 Å². The van der Waals surface area contributed by atoms with Crippen LogP contribution in [-0.2, 0) is 0 Å². The van der Waals surface area contributed by atoms with Crippen LogP contribution in [0.2, 0.25) is 0 Å². The summed E-state index contributed by atoms with van der Waals surface area (Å²) >= 11 is 0. The van der Waals surface area contributed by atoms with Crippen LogP contribution in [-0.4, -0.2) is 34.8 Å². The average molecular weight is 218 g/mol. The molecule has 1 aliphatic rings. The summed E-state index contributed by atoms with van der Waals surface area (Å²) in [6, 6.07) is 1.94. The van der Waals surface area contributed by atoms with Gasteiger partial charge in [-0.15, -0.1) is 0 Å². The van der Waals surface area contributed by atoms with Crippen LogP contribution in [0.3, 0.4) is 0 Å². The minimum absolute atomic E-state index is 0.222. The Kier molecular flexibility index (Phi) is 3.32. The van der Waals surface area contributed by atoms with Gasteiger partial charge in [0.15, 0.2) is 5.69 Å². The Labute approximate surface area is 94.4 Å². The number of aliphatic hydroxyl groups is 1. The highest BCUT2D eigenvalue weighted by molar-refractivity contribution is 5.37. The molecule has 0 saturated carbocycles. The third-order valence-corrected chi connectivity index (χ3v) is 2.85. The number of nitrogens with zero attached hydrogens (tertiary/aromatic N) is 4. The van der Waals surface area contributed by atoms with Crippen LogP contribution in [0.15, 0.2) is 12.4 Å². The molecule has 5 heteroatoms. The molecular weight excluding hydrogens is 204 g/mol. The predicted octanol–water partition coefficient (Wildman–Crippen LogP) is 0.557. The molecule has 0 radical (unpaired) electrons. The van der Waals surface area contributed by atoms with Crippen molar-refractivity contribution in [2.75, 3.05) is 24.6 Å². The molecule has 1 aliphatic heterocycles. The van der Waals surface area contributed by atoms with Crippen LogP contribution in [0.5, 0.6) is 0 Å². The topological polar surface area (TPSA) is 73.0 Å². The molecule has 1 atom stereocenters. The molecular formula is C11H14N4O. The summed E-state index contributed by atoms with van der Waals surface area (Å²) in [5.74, 6) is 1.11. The molecule has 1 fully saturated rings. The van der Waals surface area contributed by atoms with E-state index in [9.17, 15) is 0 Å². The van der Waals surface area contributed by atoms with E-state index in [2.05, 4.69) is 14.9 Å². The van der Waals surface area contributed by atoms with E-state index >= 15 is 0 Å². The maximum atomic E-state index is 9.13. The Balaban J connectivity index is 2.08. The number of aliphatic hydroxyl groups excluding tert-OH is 1. The molecule has 16 heavy (non-hydrogen) atoms. The smallest absolute Gasteiger partial charge is 0.158 e. The first-order valence-electron chi connectivity index (χ1n) is 5.41. The number of hydrogen-bond donors (Lipinski definition) is 1. The van der Waals surface area contributed by atoms with Crippen molar-refractivity contribution < 1.29 is 5.11 Å². The molecule has 0 bridgehead atoms. The molecule has 1 unspecified atom stereocenters. The van der Waals surface area contributed by atoms with Crippen molar-refractivity contribution in [3.8, 4) is 6.07 Å². The first-order chi connectivity index (χ1) is 7.83. The van der Waals surface area contributed by atoms with E-state index in [1.165, 1.54) is 6.20 Å². The molecule has 5 nitrogen and oxygen atoms in total. The van der Waals surface area contributed by atoms with E-state index in [1.54, 1.807) is 6.20 Å². The fraction of sp³-hybridized carbons (Fsp3) is 0.545. The lowest BCUT2D eigenvalue weighted by atomic mass is 9.99. The fourth-order valence-corrected chi connectivity index (χ4v) is 1.96.